The van der Waals surface area contributed by atoms with Crippen LogP contribution in [0.15, 0.2) is 70.8 Å². The first-order chi connectivity index (χ1) is 33.0. The zero-order valence-corrected chi connectivity index (χ0v) is 39.6. The fourth-order valence-electron chi connectivity index (χ4n) is 6.72. The Morgan fingerprint density at radius 2 is 1.29 bits per heavy atom. The van der Waals surface area contributed by atoms with Gasteiger partial charge in [-0.25, -0.2) is 0 Å². The van der Waals surface area contributed by atoms with Gasteiger partial charge in [-0.3, -0.25) is 39.1 Å². The van der Waals surface area contributed by atoms with E-state index in [1.807, 2.05) is 31.2 Å². The Morgan fingerprint density at radius 3 is 1.82 bits per heavy atom. The Kier molecular flexibility index (Phi) is 25.7. The standard InChI is InChI=1S/C48H64ClN5O14/c1-33-29-39(52-46(35(3)34(33)2)36-7-9-38(49)10-8-36)30-43(57)50-13-15-61-17-19-63-21-23-65-25-27-67-28-26-66-24-22-64-20-18-62-16-14-51-44(58)32-68-41-6-4-5-37(31-55)45(41)48(60)53-40-11-12-42(56)54-47(40)59/h4-10,31,39-40H,3,11-30,32H2,1-2H3,(H,50,57)(H,51,58)(H,53,60)(H,54,56,59)/t39-,40?/m1/s1. The molecule has 19 nitrogen and oxygen atoms in total. The Morgan fingerprint density at radius 1 is 0.765 bits per heavy atom. The first-order valence-corrected chi connectivity index (χ1v) is 23.0. The van der Waals surface area contributed by atoms with Crippen LogP contribution in [-0.4, -0.2) is 166 Å². The molecule has 68 heavy (non-hydrogen) atoms. The van der Waals surface area contributed by atoms with E-state index in [0.29, 0.717) is 110 Å². The molecule has 4 N–H and O–H groups in total. The predicted octanol–water partition coefficient (Wildman–Crippen LogP) is 2.96. The van der Waals surface area contributed by atoms with Gasteiger partial charge < -0.3 is 53.8 Å². The summed E-state index contributed by atoms with van der Waals surface area (Å²) in [6.45, 7) is 13.8. The molecule has 372 valence electrons. The second-order valence-electron chi connectivity index (χ2n) is 15.5. The Balaban J connectivity index is 0.885. The molecule has 2 aromatic rings. The molecular weight excluding hydrogens is 906 g/mol. The number of imide groups is 1. The number of ether oxygens (including phenoxy) is 8. The number of rotatable bonds is 33. The van der Waals surface area contributed by atoms with Crippen LogP contribution < -0.4 is 26.0 Å². The van der Waals surface area contributed by atoms with Crippen molar-refractivity contribution in [3.63, 3.8) is 0 Å². The minimum Gasteiger partial charge on any atom is -0.483 e. The van der Waals surface area contributed by atoms with Crippen molar-refractivity contribution in [2.45, 2.75) is 51.6 Å². The van der Waals surface area contributed by atoms with Gasteiger partial charge in [0.25, 0.3) is 11.8 Å². The lowest BCUT2D eigenvalue weighted by Gasteiger charge is -2.22. The van der Waals surface area contributed by atoms with Crippen molar-refractivity contribution in [2.75, 3.05) is 112 Å². The zero-order valence-electron chi connectivity index (χ0n) is 38.9. The van der Waals surface area contributed by atoms with Gasteiger partial charge in [0.15, 0.2) is 12.9 Å². The normalized spacial score (nSPS) is 16.2. The van der Waals surface area contributed by atoms with Gasteiger partial charge in [-0.05, 0) is 56.0 Å². The SMILES string of the molecule is C=C1C(c2ccc(Cl)cc2)=N[C@@H](CC(=O)NCCOCCOCCOCCOCCOCCOCCOCCNC(=O)COc2cccc(C=O)c2C(=O)NC2CCC(=O)NC2=O)CC(C)=C1C. The third-order valence-electron chi connectivity index (χ3n) is 10.5. The van der Waals surface area contributed by atoms with E-state index in [-0.39, 0.29) is 61.2 Å². The second-order valence-corrected chi connectivity index (χ2v) is 16.0. The largest absolute Gasteiger partial charge is 0.483 e. The molecule has 0 aromatic heterocycles. The molecule has 0 aliphatic carbocycles. The van der Waals surface area contributed by atoms with E-state index in [1.54, 1.807) is 0 Å². The molecule has 1 saturated heterocycles. The molecule has 2 aliphatic heterocycles. The van der Waals surface area contributed by atoms with Gasteiger partial charge >= 0.3 is 0 Å². The third-order valence-corrected chi connectivity index (χ3v) is 10.7. The fraction of sp³-hybridized carbons (Fsp3) is 0.521. The average molecular weight is 971 g/mol. The summed E-state index contributed by atoms with van der Waals surface area (Å²) in [5.41, 5.74) is 4.71. The van der Waals surface area contributed by atoms with Crippen LogP contribution in [0.3, 0.4) is 0 Å². The van der Waals surface area contributed by atoms with Gasteiger partial charge in [0.2, 0.25) is 17.7 Å². The lowest BCUT2D eigenvalue weighted by Crippen LogP contribution is -2.52. The van der Waals surface area contributed by atoms with Crippen molar-refractivity contribution < 1.29 is 66.7 Å². The topological polar surface area (TPSA) is 237 Å². The highest BCUT2D eigenvalue weighted by atomic mass is 35.5. The van der Waals surface area contributed by atoms with Crippen molar-refractivity contribution >= 4 is 53.1 Å². The first-order valence-electron chi connectivity index (χ1n) is 22.6. The molecular formula is C48H64ClN5O14. The third kappa shape index (κ3) is 20.5. The maximum atomic E-state index is 13.0. The summed E-state index contributed by atoms with van der Waals surface area (Å²) in [7, 11) is 0. The van der Waals surface area contributed by atoms with Crippen LogP contribution in [0.4, 0.5) is 0 Å². The van der Waals surface area contributed by atoms with E-state index in [1.165, 1.54) is 23.8 Å². The van der Waals surface area contributed by atoms with E-state index in [0.717, 1.165) is 22.4 Å². The number of amides is 5. The van der Waals surface area contributed by atoms with Crippen LogP contribution in [0.25, 0.3) is 0 Å². The van der Waals surface area contributed by atoms with E-state index in [2.05, 4.69) is 34.8 Å². The number of nitrogens with one attached hydrogen (secondary N) is 4. The number of hydrogen-bond acceptors (Lipinski definition) is 15. The summed E-state index contributed by atoms with van der Waals surface area (Å²) in [4.78, 5) is 78.1. The minimum atomic E-state index is -0.953. The van der Waals surface area contributed by atoms with Crippen LogP contribution in [0.1, 0.15) is 65.8 Å². The highest BCUT2D eigenvalue weighted by Gasteiger charge is 2.30. The quantitative estimate of drug-likeness (QED) is 0.0458. The monoisotopic (exact) mass is 969 g/mol. The molecule has 0 saturated carbocycles. The minimum absolute atomic E-state index is 0.0117. The smallest absolute Gasteiger partial charge is 0.258 e. The van der Waals surface area contributed by atoms with Gasteiger partial charge in [-0.1, -0.05) is 48.0 Å². The van der Waals surface area contributed by atoms with E-state index < -0.39 is 36.3 Å². The average Bonchev–Trinajstić information content (AvgIpc) is 3.42. The van der Waals surface area contributed by atoms with Gasteiger partial charge in [0.1, 0.15) is 11.8 Å². The second kappa shape index (κ2) is 31.6. The van der Waals surface area contributed by atoms with E-state index >= 15 is 0 Å². The number of aldehydes is 1. The molecule has 0 radical (unpaired) electrons. The fourth-order valence-corrected chi connectivity index (χ4v) is 6.85. The maximum absolute atomic E-state index is 13.0. The highest BCUT2D eigenvalue weighted by molar-refractivity contribution is 6.30. The maximum Gasteiger partial charge on any atom is 0.258 e. The number of allylic oxidation sites excluding steroid dienone is 2. The lowest BCUT2D eigenvalue weighted by molar-refractivity contribution is -0.134. The lowest BCUT2D eigenvalue weighted by atomic mass is 9.95. The van der Waals surface area contributed by atoms with Gasteiger partial charge in [-0.2, -0.15) is 0 Å². The van der Waals surface area contributed by atoms with Crippen LogP contribution in [0, 0.1) is 0 Å². The summed E-state index contributed by atoms with van der Waals surface area (Å²) < 4.78 is 44.1. The summed E-state index contributed by atoms with van der Waals surface area (Å²) in [5.74, 6) is -2.40. The van der Waals surface area contributed by atoms with Gasteiger partial charge in [0, 0.05) is 42.1 Å². The van der Waals surface area contributed by atoms with E-state index in [4.69, 9.17) is 54.5 Å². The van der Waals surface area contributed by atoms with Crippen molar-refractivity contribution in [2.24, 2.45) is 4.99 Å². The number of piperidine rings is 1. The predicted molar refractivity (Wildman–Crippen MR) is 251 cm³/mol. The van der Waals surface area contributed by atoms with Crippen molar-refractivity contribution in [3.05, 3.63) is 87.5 Å². The number of carbonyl (C=O) groups is 6. The number of hydrogen-bond donors (Lipinski definition) is 4. The molecule has 0 spiro atoms. The number of halogens is 1. The molecule has 20 heteroatoms. The Labute approximate surface area is 402 Å². The van der Waals surface area contributed by atoms with Crippen molar-refractivity contribution in [3.8, 4) is 5.75 Å². The number of aliphatic imine (C=N–C) groups is 1. The molecule has 1 fully saturated rings. The molecule has 2 heterocycles. The highest BCUT2D eigenvalue weighted by Crippen LogP contribution is 2.28. The summed E-state index contributed by atoms with van der Waals surface area (Å²) in [6.07, 6.45) is 1.59. The molecule has 0 bridgehead atoms. The summed E-state index contributed by atoms with van der Waals surface area (Å²) in [6, 6.07) is 10.7. The molecule has 1 unspecified atom stereocenters. The molecule has 4 rings (SSSR count). The van der Waals surface area contributed by atoms with Crippen molar-refractivity contribution in [1.29, 1.82) is 0 Å². The van der Waals surface area contributed by atoms with Crippen LogP contribution >= 0.6 is 11.6 Å². The van der Waals surface area contributed by atoms with Gasteiger partial charge in [0.05, 0.1) is 110 Å². The van der Waals surface area contributed by atoms with E-state index in [9.17, 15) is 28.8 Å². The summed E-state index contributed by atoms with van der Waals surface area (Å²) in [5, 5.41) is 10.9. The molecule has 2 aliphatic rings. The Bertz CT molecular complexity index is 2050. The van der Waals surface area contributed by atoms with Crippen LogP contribution in [-0.2, 0) is 52.3 Å². The molecule has 2 atom stereocenters. The number of benzene rings is 2. The van der Waals surface area contributed by atoms with Crippen LogP contribution in [0.5, 0.6) is 5.75 Å². The van der Waals surface area contributed by atoms with Crippen molar-refractivity contribution in [1.82, 2.24) is 21.3 Å². The number of carbonyl (C=O) groups excluding carboxylic acids is 6. The van der Waals surface area contributed by atoms with Crippen LogP contribution in [0.2, 0.25) is 5.02 Å². The van der Waals surface area contributed by atoms with Gasteiger partial charge in [-0.15, -0.1) is 0 Å². The Hall–Kier alpha value is -5.38. The zero-order chi connectivity index (χ0) is 48.9. The molecule has 2 aromatic carbocycles. The first kappa shape index (κ1) is 55.2. The summed E-state index contributed by atoms with van der Waals surface area (Å²) >= 11 is 6.08. The number of nitrogens with zero attached hydrogens (tertiary/aromatic N) is 1. The molecule has 5 amide bonds.